The third-order valence-corrected chi connectivity index (χ3v) is 3.63. The van der Waals surface area contributed by atoms with Crippen molar-refractivity contribution in [1.29, 1.82) is 0 Å². The minimum atomic E-state index is 0.553. The van der Waals surface area contributed by atoms with E-state index in [1.807, 2.05) is 12.4 Å². The largest absolute Gasteiger partial charge is 0.385 e. The number of ether oxygens (including phenoxy) is 2. The van der Waals surface area contributed by atoms with E-state index in [-0.39, 0.29) is 0 Å². The summed E-state index contributed by atoms with van der Waals surface area (Å²) in [5.41, 5.74) is 6.47. The van der Waals surface area contributed by atoms with Crippen LogP contribution in [0.15, 0.2) is 12.4 Å². The Bertz CT molecular complexity index is 444. The van der Waals surface area contributed by atoms with Crippen molar-refractivity contribution in [2.75, 3.05) is 58.0 Å². The highest BCUT2D eigenvalue weighted by Gasteiger charge is 2.09. The van der Waals surface area contributed by atoms with Crippen LogP contribution in [0.3, 0.4) is 0 Å². The smallest absolute Gasteiger partial charge is 0.225 e. The van der Waals surface area contributed by atoms with E-state index >= 15 is 0 Å². The molecule has 1 amide bonds. The van der Waals surface area contributed by atoms with Gasteiger partial charge in [0.25, 0.3) is 0 Å². The number of carbonyl (C=O) groups is 1. The van der Waals surface area contributed by atoms with E-state index in [0.717, 1.165) is 44.4 Å². The Hall–Kier alpha value is -1.77. The van der Waals surface area contributed by atoms with Gasteiger partial charge in [-0.05, 0) is 31.2 Å². The topological polar surface area (TPSA) is 103 Å². The molecule has 1 heterocycles. The lowest BCUT2D eigenvalue weighted by Crippen LogP contribution is -2.33. The first kappa shape index (κ1) is 21.3. The lowest BCUT2D eigenvalue weighted by atomic mass is 10.2. The molecule has 0 fully saturated rings. The molecule has 0 aliphatic heterocycles. The summed E-state index contributed by atoms with van der Waals surface area (Å²) in [7, 11) is 1.70. The van der Waals surface area contributed by atoms with Crippen molar-refractivity contribution in [3.63, 3.8) is 0 Å². The van der Waals surface area contributed by atoms with Crippen molar-refractivity contribution in [2.24, 2.45) is 5.73 Å². The molecule has 142 valence electrons. The summed E-state index contributed by atoms with van der Waals surface area (Å²) in [6, 6.07) is 0. The quantitative estimate of drug-likeness (QED) is 0.327. The van der Waals surface area contributed by atoms with Crippen LogP contribution in [-0.2, 0) is 20.7 Å². The Morgan fingerprint density at radius 3 is 2.64 bits per heavy atom. The molecule has 8 nitrogen and oxygen atoms in total. The zero-order chi connectivity index (χ0) is 18.2. The zero-order valence-electron chi connectivity index (χ0n) is 15.2. The first-order valence-corrected chi connectivity index (χ1v) is 8.81. The number of aryl methyl sites for hydroxylation is 1. The average Bonchev–Trinajstić information content (AvgIpc) is 2.64. The zero-order valence-corrected chi connectivity index (χ0v) is 15.2. The summed E-state index contributed by atoms with van der Waals surface area (Å²) in [4.78, 5) is 21.5. The van der Waals surface area contributed by atoms with Crippen LogP contribution in [0.4, 0.5) is 5.95 Å². The monoisotopic (exact) mass is 353 g/mol. The van der Waals surface area contributed by atoms with Gasteiger partial charge in [-0.15, -0.1) is 0 Å². The predicted molar refractivity (Wildman–Crippen MR) is 97.6 cm³/mol. The lowest BCUT2D eigenvalue weighted by Gasteiger charge is -2.22. The van der Waals surface area contributed by atoms with E-state index in [9.17, 15) is 4.79 Å². The maximum absolute atomic E-state index is 10.4. The van der Waals surface area contributed by atoms with Crippen molar-refractivity contribution in [3.8, 4) is 0 Å². The maximum atomic E-state index is 10.4. The molecule has 8 heteroatoms. The van der Waals surface area contributed by atoms with Crippen LogP contribution < -0.4 is 16.0 Å². The average molecular weight is 353 g/mol. The summed E-state index contributed by atoms with van der Waals surface area (Å²) in [5, 5.41) is 2.68. The highest BCUT2D eigenvalue weighted by Crippen LogP contribution is 2.09. The summed E-state index contributed by atoms with van der Waals surface area (Å²) >= 11 is 0. The van der Waals surface area contributed by atoms with Gasteiger partial charge >= 0.3 is 0 Å². The van der Waals surface area contributed by atoms with E-state index in [1.54, 1.807) is 7.11 Å². The van der Waals surface area contributed by atoms with Gasteiger partial charge in [0.2, 0.25) is 12.4 Å². The minimum absolute atomic E-state index is 0.553. The lowest BCUT2D eigenvalue weighted by molar-refractivity contribution is -0.109. The normalized spacial score (nSPS) is 10.6. The summed E-state index contributed by atoms with van der Waals surface area (Å²) in [6.45, 7) is 4.67. The number of rotatable bonds is 16. The van der Waals surface area contributed by atoms with Crippen LogP contribution >= 0.6 is 0 Å². The first-order chi connectivity index (χ1) is 12.3. The minimum Gasteiger partial charge on any atom is -0.385 e. The second-order valence-electron chi connectivity index (χ2n) is 5.65. The Kier molecular flexibility index (Phi) is 12.4. The third-order valence-electron chi connectivity index (χ3n) is 3.63. The van der Waals surface area contributed by atoms with E-state index < -0.39 is 0 Å². The number of unbranched alkanes of at least 4 members (excludes halogenated alkanes) is 1. The molecule has 0 aromatic carbocycles. The van der Waals surface area contributed by atoms with E-state index in [1.165, 1.54) is 0 Å². The molecule has 0 bridgehead atoms. The van der Waals surface area contributed by atoms with Gasteiger partial charge in [0.05, 0.1) is 6.61 Å². The van der Waals surface area contributed by atoms with Crippen molar-refractivity contribution < 1.29 is 14.3 Å². The number of nitrogens with one attached hydrogen (secondary N) is 1. The van der Waals surface area contributed by atoms with Crippen molar-refractivity contribution in [1.82, 2.24) is 15.3 Å². The Labute approximate surface area is 150 Å². The van der Waals surface area contributed by atoms with E-state index in [2.05, 4.69) is 20.2 Å². The SMILES string of the molecule is COCCCCN(CCNC=O)c1ncc(CCCOCCN)cn1. The highest BCUT2D eigenvalue weighted by atomic mass is 16.5. The molecule has 1 rings (SSSR count). The van der Waals surface area contributed by atoms with Gasteiger partial charge in [-0.2, -0.15) is 0 Å². The molecule has 0 aliphatic rings. The molecule has 0 unspecified atom stereocenters. The van der Waals surface area contributed by atoms with Crippen LogP contribution in [0.25, 0.3) is 0 Å². The molecule has 0 saturated heterocycles. The molecule has 3 N–H and O–H groups in total. The number of aromatic nitrogens is 2. The van der Waals surface area contributed by atoms with E-state index in [4.69, 9.17) is 15.2 Å². The van der Waals surface area contributed by atoms with E-state index in [0.29, 0.717) is 45.2 Å². The third kappa shape index (κ3) is 9.96. The van der Waals surface area contributed by atoms with Gasteiger partial charge in [-0.25, -0.2) is 9.97 Å². The molecule has 0 aliphatic carbocycles. The Balaban J connectivity index is 2.47. The highest BCUT2D eigenvalue weighted by molar-refractivity contribution is 5.46. The van der Waals surface area contributed by atoms with Crippen molar-refractivity contribution in [3.05, 3.63) is 18.0 Å². The molecular formula is C17H31N5O3. The number of methoxy groups -OCH3 is 1. The fourth-order valence-electron chi connectivity index (χ4n) is 2.32. The van der Waals surface area contributed by atoms with Crippen LogP contribution in [0, 0.1) is 0 Å². The molecule has 0 spiro atoms. The molecule has 0 radical (unpaired) electrons. The van der Waals surface area contributed by atoms with Crippen LogP contribution in [0.5, 0.6) is 0 Å². The fourth-order valence-corrected chi connectivity index (χ4v) is 2.32. The van der Waals surface area contributed by atoms with Gasteiger partial charge in [0.15, 0.2) is 0 Å². The molecular weight excluding hydrogens is 322 g/mol. The Morgan fingerprint density at radius 2 is 1.96 bits per heavy atom. The van der Waals surface area contributed by atoms with Gasteiger partial charge in [-0.3, -0.25) is 4.79 Å². The fraction of sp³-hybridized carbons (Fsp3) is 0.706. The van der Waals surface area contributed by atoms with Gasteiger partial charge < -0.3 is 25.4 Å². The molecule has 0 saturated carbocycles. The number of nitrogens with two attached hydrogens (primary N) is 1. The number of hydrogen-bond acceptors (Lipinski definition) is 7. The second-order valence-corrected chi connectivity index (χ2v) is 5.65. The van der Waals surface area contributed by atoms with Crippen LogP contribution in [-0.4, -0.2) is 69.5 Å². The number of anilines is 1. The van der Waals surface area contributed by atoms with Crippen molar-refractivity contribution in [2.45, 2.75) is 25.7 Å². The second kappa shape index (κ2) is 14.6. The van der Waals surface area contributed by atoms with Gasteiger partial charge in [-0.1, -0.05) is 0 Å². The summed E-state index contributed by atoms with van der Waals surface area (Å²) in [5.74, 6) is 0.688. The first-order valence-electron chi connectivity index (χ1n) is 8.81. The maximum Gasteiger partial charge on any atom is 0.225 e. The summed E-state index contributed by atoms with van der Waals surface area (Å²) < 4.78 is 10.4. The van der Waals surface area contributed by atoms with Gasteiger partial charge in [0.1, 0.15) is 0 Å². The number of carbonyl (C=O) groups excluding carboxylic acids is 1. The Morgan fingerprint density at radius 1 is 1.16 bits per heavy atom. The molecule has 1 aromatic heterocycles. The van der Waals surface area contributed by atoms with Crippen LogP contribution in [0.1, 0.15) is 24.8 Å². The predicted octanol–water partition coefficient (Wildman–Crippen LogP) is 0.364. The molecule has 0 atom stereocenters. The molecule has 1 aromatic rings. The number of hydrogen-bond donors (Lipinski definition) is 2. The van der Waals surface area contributed by atoms with Crippen molar-refractivity contribution >= 4 is 12.4 Å². The number of amides is 1. The van der Waals surface area contributed by atoms with Gasteiger partial charge in [0, 0.05) is 58.9 Å². The number of nitrogens with zero attached hydrogens (tertiary/aromatic N) is 3. The van der Waals surface area contributed by atoms with Crippen LogP contribution in [0.2, 0.25) is 0 Å². The standard InChI is InChI=1S/C17H31N5O3/c1-24-10-3-2-8-22(9-7-19-15-23)17-20-13-16(14-21-17)5-4-11-25-12-6-18/h13-15H,2-12,18H2,1H3,(H,19,23). The summed E-state index contributed by atoms with van der Waals surface area (Å²) in [6.07, 6.45) is 8.20. The molecule has 25 heavy (non-hydrogen) atoms.